The third-order valence-electron chi connectivity index (χ3n) is 8.54. The van der Waals surface area contributed by atoms with E-state index in [0.717, 1.165) is 38.4 Å². The number of nitriles is 1. The second kappa shape index (κ2) is 19.0. The Morgan fingerprint density at radius 2 is 0.837 bits per heavy atom. The molecule has 0 heterocycles. The van der Waals surface area contributed by atoms with Crippen molar-refractivity contribution in [3.8, 4) is 6.07 Å². The van der Waals surface area contributed by atoms with Gasteiger partial charge in [0.15, 0.2) is 0 Å². The van der Waals surface area contributed by atoms with Crippen LogP contribution in [0.25, 0.3) is 0 Å². The highest BCUT2D eigenvalue weighted by atomic mass is 15.1. The van der Waals surface area contributed by atoms with Gasteiger partial charge in [0.05, 0.1) is 12.5 Å². The van der Waals surface area contributed by atoms with E-state index in [9.17, 15) is 0 Å². The lowest BCUT2D eigenvalue weighted by Gasteiger charge is -2.27. The van der Waals surface area contributed by atoms with Crippen molar-refractivity contribution in [1.82, 2.24) is 0 Å². The zero-order chi connectivity index (χ0) is 30.9. The standard InChI is InChI=1S/C39H56N4/c1-6-10-29-42(30-11-7-2)37-23-17-34(18-24-37)39(33-15-21-36(22-16-33)41(5)28-14-27-40)35-19-25-38(26-20-35)43(31-12-8-3)32-13-9-4/h15-26,39H,6-14,28-32H2,1-5H3. The fraction of sp³-hybridized carbons (Fsp3) is 0.513. The average molecular weight is 581 g/mol. The van der Waals surface area contributed by atoms with Gasteiger partial charge in [0, 0.05) is 62.8 Å². The van der Waals surface area contributed by atoms with E-state index in [1.165, 1.54) is 79.4 Å². The monoisotopic (exact) mass is 580 g/mol. The number of hydrogen-bond donors (Lipinski definition) is 0. The maximum atomic E-state index is 9.03. The maximum absolute atomic E-state index is 9.03. The van der Waals surface area contributed by atoms with E-state index in [4.69, 9.17) is 5.26 Å². The van der Waals surface area contributed by atoms with Gasteiger partial charge in [-0.15, -0.1) is 0 Å². The SMILES string of the molecule is CCCCN(CCCC)c1ccc(C(c2ccc(N(C)CCC#N)cc2)c2ccc(N(CCCC)CCCC)cc2)cc1. The first-order valence-corrected chi connectivity index (χ1v) is 16.9. The molecule has 0 saturated carbocycles. The highest BCUT2D eigenvalue weighted by Gasteiger charge is 2.19. The molecule has 0 unspecified atom stereocenters. The molecule has 0 aliphatic carbocycles. The quantitative estimate of drug-likeness (QED) is 0.125. The first kappa shape index (κ1) is 34.0. The topological polar surface area (TPSA) is 33.5 Å². The molecule has 0 saturated heterocycles. The molecular formula is C39H56N4. The molecule has 0 fully saturated rings. The summed E-state index contributed by atoms with van der Waals surface area (Å²) in [5, 5.41) is 9.03. The molecule has 3 rings (SSSR count). The summed E-state index contributed by atoms with van der Waals surface area (Å²) in [5.74, 6) is 0.154. The van der Waals surface area contributed by atoms with Crippen LogP contribution in [-0.4, -0.2) is 39.8 Å². The molecule has 0 bridgehead atoms. The summed E-state index contributed by atoms with van der Waals surface area (Å²) in [6.45, 7) is 14.3. The van der Waals surface area contributed by atoms with Crippen molar-refractivity contribution < 1.29 is 0 Å². The largest absolute Gasteiger partial charge is 0.374 e. The van der Waals surface area contributed by atoms with Crippen LogP contribution in [0.2, 0.25) is 0 Å². The molecule has 0 aliphatic heterocycles. The van der Waals surface area contributed by atoms with Crippen LogP contribution in [0.1, 0.15) is 108 Å². The molecule has 3 aromatic rings. The third kappa shape index (κ3) is 10.3. The Morgan fingerprint density at radius 3 is 1.14 bits per heavy atom. The van der Waals surface area contributed by atoms with Crippen molar-refractivity contribution in [3.63, 3.8) is 0 Å². The minimum Gasteiger partial charge on any atom is -0.374 e. The second-order valence-corrected chi connectivity index (χ2v) is 11.9. The van der Waals surface area contributed by atoms with E-state index in [1.54, 1.807) is 0 Å². The van der Waals surface area contributed by atoms with Gasteiger partial charge in [-0.05, 0) is 78.8 Å². The predicted octanol–water partition coefficient (Wildman–Crippen LogP) is 10.0. The van der Waals surface area contributed by atoms with Crippen LogP contribution in [0, 0.1) is 11.3 Å². The van der Waals surface area contributed by atoms with Crippen LogP contribution in [-0.2, 0) is 0 Å². The smallest absolute Gasteiger partial charge is 0.0640 e. The van der Waals surface area contributed by atoms with Gasteiger partial charge < -0.3 is 14.7 Å². The van der Waals surface area contributed by atoms with Crippen LogP contribution < -0.4 is 14.7 Å². The zero-order valence-corrected chi connectivity index (χ0v) is 27.7. The Morgan fingerprint density at radius 1 is 0.512 bits per heavy atom. The molecule has 4 nitrogen and oxygen atoms in total. The minimum absolute atomic E-state index is 0.154. The number of unbranched alkanes of at least 4 members (excludes halogenated alkanes) is 4. The van der Waals surface area contributed by atoms with Crippen LogP contribution in [0.3, 0.4) is 0 Å². The van der Waals surface area contributed by atoms with Crippen molar-refractivity contribution in [2.24, 2.45) is 0 Å². The van der Waals surface area contributed by atoms with Crippen molar-refractivity contribution in [2.45, 2.75) is 91.4 Å². The minimum atomic E-state index is 0.154. The highest BCUT2D eigenvalue weighted by Crippen LogP contribution is 2.35. The van der Waals surface area contributed by atoms with Crippen molar-refractivity contribution >= 4 is 17.1 Å². The van der Waals surface area contributed by atoms with E-state index >= 15 is 0 Å². The molecule has 0 atom stereocenters. The molecule has 0 radical (unpaired) electrons. The average Bonchev–Trinajstić information content (AvgIpc) is 3.05. The Hall–Kier alpha value is -3.45. The third-order valence-corrected chi connectivity index (χ3v) is 8.54. The summed E-state index contributed by atoms with van der Waals surface area (Å²) in [6.07, 6.45) is 10.3. The molecular weight excluding hydrogens is 524 g/mol. The number of anilines is 3. The van der Waals surface area contributed by atoms with E-state index in [-0.39, 0.29) is 5.92 Å². The lowest BCUT2D eigenvalue weighted by Crippen LogP contribution is -2.25. The Bertz CT molecular complexity index is 1110. The zero-order valence-electron chi connectivity index (χ0n) is 27.7. The molecule has 43 heavy (non-hydrogen) atoms. The summed E-state index contributed by atoms with van der Waals surface area (Å²) in [7, 11) is 2.06. The number of rotatable bonds is 20. The first-order valence-electron chi connectivity index (χ1n) is 16.9. The Balaban J connectivity index is 1.96. The van der Waals surface area contributed by atoms with Gasteiger partial charge in [0.25, 0.3) is 0 Å². The lowest BCUT2D eigenvalue weighted by atomic mass is 9.85. The van der Waals surface area contributed by atoms with E-state index < -0.39 is 0 Å². The summed E-state index contributed by atoms with van der Waals surface area (Å²) in [4.78, 5) is 7.29. The predicted molar refractivity (Wildman–Crippen MR) is 188 cm³/mol. The van der Waals surface area contributed by atoms with Crippen molar-refractivity contribution in [1.29, 1.82) is 5.26 Å². The maximum Gasteiger partial charge on any atom is 0.0640 e. The number of nitrogens with zero attached hydrogens (tertiary/aromatic N) is 4. The van der Waals surface area contributed by atoms with Crippen molar-refractivity contribution in [3.05, 3.63) is 89.5 Å². The fourth-order valence-corrected chi connectivity index (χ4v) is 5.74. The van der Waals surface area contributed by atoms with Gasteiger partial charge in [-0.25, -0.2) is 0 Å². The van der Waals surface area contributed by atoms with Crippen LogP contribution in [0.4, 0.5) is 17.1 Å². The van der Waals surface area contributed by atoms with Gasteiger partial charge in [0.1, 0.15) is 0 Å². The normalized spacial score (nSPS) is 11.0. The van der Waals surface area contributed by atoms with Gasteiger partial charge in [-0.1, -0.05) is 89.8 Å². The molecule has 0 aliphatic rings. The van der Waals surface area contributed by atoms with E-state index in [1.807, 2.05) is 0 Å². The number of benzene rings is 3. The van der Waals surface area contributed by atoms with Gasteiger partial charge in [-0.2, -0.15) is 5.26 Å². The van der Waals surface area contributed by atoms with Crippen LogP contribution in [0.5, 0.6) is 0 Å². The van der Waals surface area contributed by atoms with E-state index in [0.29, 0.717) is 6.42 Å². The molecule has 0 N–H and O–H groups in total. The summed E-state index contributed by atoms with van der Waals surface area (Å²) < 4.78 is 0. The summed E-state index contributed by atoms with van der Waals surface area (Å²) >= 11 is 0. The van der Waals surface area contributed by atoms with Gasteiger partial charge in [-0.3, -0.25) is 0 Å². The molecule has 232 valence electrons. The lowest BCUT2D eigenvalue weighted by molar-refractivity contribution is 0.677. The molecule has 4 heteroatoms. The molecule has 3 aromatic carbocycles. The summed E-state index contributed by atoms with van der Waals surface area (Å²) in [6, 6.07) is 30.0. The van der Waals surface area contributed by atoms with Gasteiger partial charge in [0.2, 0.25) is 0 Å². The van der Waals surface area contributed by atoms with E-state index in [2.05, 4.69) is 128 Å². The van der Waals surface area contributed by atoms with Crippen molar-refractivity contribution in [2.75, 3.05) is 54.5 Å². The second-order valence-electron chi connectivity index (χ2n) is 11.9. The summed E-state index contributed by atoms with van der Waals surface area (Å²) in [5.41, 5.74) is 7.74. The van der Waals surface area contributed by atoms with Crippen LogP contribution in [0.15, 0.2) is 72.8 Å². The number of hydrogen-bond acceptors (Lipinski definition) is 4. The Labute approximate surface area is 263 Å². The highest BCUT2D eigenvalue weighted by molar-refractivity contribution is 5.56. The van der Waals surface area contributed by atoms with Gasteiger partial charge >= 0.3 is 0 Å². The molecule has 0 amide bonds. The molecule has 0 aromatic heterocycles. The van der Waals surface area contributed by atoms with Crippen LogP contribution >= 0.6 is 0 Å². The fourth-order valence-electron chi connectivity index (χ4n) is 5.74. The molecule has 0 spiro atoms. The first-order chi connectivity index (χ1) is 21.1. The Kier molecular flexibility index (Phi) is 15.0.